The molecule has 1 aromatic heterocycles. The molecule has 0 aliphatic rings. The summed E-state index contributed by atoms with van der Waals surface area (Å²) in [4.78, 5) is 10.7. The summed E-state index contributed by atoms with van der Waals surface area (Å²) in [5.74, 6) is 1.80. The van der Waals surface area contributed by atoms with Gasteiger partial charge in [0.2, 0.25) is 0 Å². The third kappa shape index (κ3) is 2.57. The van der Waals surface area contributed by atoms with Gasteiger partial charge >= 0.3 is 0 Å². The van der Waals surface area contributed by atoms with Gasteiger partial charge in [0.05, 0.1) is 0 Å². The third-order valence-corrected chi connectivity index (χ3v) is 2.35. The summed E-state index contributed by atoms with van der Waals surface area (Å²) in [5, 5.41) is 0. The van der Waals surface area contributed by atoms with Gasteiger partial charge in [-0.05, 0) is 11.6 Å². The smallest absolute Gasteiger partial charge is 0.135 e. The Morgan fingerprint density at radius 3 is 2.50 bits per heavy atom. The van der Waals surface area contributed by atoms with Crippen molar-refractivity contribution in [2.75, 3.05) is 19.0 Å². The molecule has 0 amide bonds. The van der Waals surface area contributed by atoms with Crippen molar-refractivity contribution < 1.29 is 0 Å². The molecule has 0 unspecified atom stereocenters. The van der Waals surface area contributed by atoms with Gasteiger partial charge in [0.25, 0.3) is 0 Å². The van der Waals surface area contributed by atoms with Crippen molar-refractivity contribution >= 4 is 5.82 Å². The van der Waals surface area contributed by atoms with Crippen LogP contribution in [-0.2, 0) is 6.42 Å². The Bertz CT molecular complexity index is 452. The van der Waals surface area contributed by atoms with Crippen LogP contribution in [0.25, 0.3) is 0 Å². The predicted octanol–water partition coefficient (Wildman–Crippen LogP) is 2.13. The largest absolute Gasteiger partial charge is 0.363 e. The molecule has 0 fully saturated rings. The van der Waals surface area contributed by atoms with Crippen LogP contribution in [0, 0.1) is 0 Å². The molecular formula is C13H15N3. The minimum atomic E-state index is 0.780. The zero-order valence-corrected chi connectivity index (χ0v) is 9.59. The van der Waals surface area contributed by atoms with Crippen LogP contribution >= 0.6 is 0 Å². The van der Waals surface area contributed by atoms with Crippen molar-refractivity contribution in [3.05, 3.63) is 54.0 Å². The monoisotopic (exact) mass is 213 g/mol. The highest BCUT2D eigenvalue weighted by atomic mass is 15.1. The topological polar surface area (TPSA) is 29.0 Å². The summed E-state index contributed by atoms with van der Waals surface area (Å²) in [7, 11) is 3.96. The first-order chi connectivity index (χ1) is 7.75. The van der Waals surface area contributed by atoms with Gasteiger partial charge in [0, 0.05) is 26.7 Å². The Morgan fingerprint density at radius 1 is 1.06 bits per heavy atom. The van der Waals surface area contributed by atoms with Crippen LogP contribution in [0.1, 0.15) is 11.4 Å². The van der Waals surface area contributed by atoms with Crippen LogP contribution < -0.4 is 4.90 Å². The van der Waals surface area contributed by atoms with Crippen molar-refractivity contribution in [2.45, 2.75) is 6.42 Å². The summed E-state index contributed by atoms with van der Waals surface area (Å²) in [6.45, 7) is 0. The molecule has 2 aromatic rings. The third-order valence-electron chi connectivity index (χ3n) is 2.35. The van der Waals surface area contributed by atoms with E-state index in [1.54, 1.807) is 6.20 Å². The fourth-order valence-corrected chi connectivity index (χ4v) is 1.50. The van der Waals surface area contributed by atoms with E-state index < -0.39 is 0 Å². The Hall–Kier alpha value is -1.90. The lowest BCUT2D eigenvalue weighted by molar-refractivity contribution is 0.937. The first-order valence-corrected chi connectivity index (χ1v) is 5.29. The van der Waals surface area contributed by atoms with E-state index in [4.69, 9.17) is 0 Å². The van der Waals surface area contributed by atoms with Crippen molar-refractivity contribution in [1.29, 1.82) is 0 Å². The quantitative estimate of drug-likeness (QED) is 0.782. The molecule has 0 aliphatic carbocycles. The van der Waals surface area contributed by atoms with Crippen LogP contribution in [0.4, 0.5) is 5.82 Å². The molecule has 0 atom stereocenters. The lowest BCUT2D eigenvalue weighted by atomic mass is 10.1. The molecule has 3 nitrogen and oxygen atoms in total. The van der Waals surface area contributed by atoms with Crippen LogP contribution in [0.3, 0.4) is 0 Å². The summed E-state index contributed by atoms with van der Waals surface area (Å²) in [5.41, 5.74) is 1.23. The van der Waals surface area contributed by atoms with Gasteiger partial charge in [-0.1, -0.05) is 30.3 Å². The molecule has 16 heavy (non-hydrogen) atoms. The number of hydrogen-bond acceptors (Lipinski definition) is 3. The zero-order valence-electron chi connectivity index (χ0n) is 9.59. The Morgan fingerprint density at radius 2 is 1.81 bits per heavy atom. The number of aromatic nitrogens is 2. The van der Waals surface area contributed by atoms with Gasteiger partial charge in [-0.25, -0.2) is 9.97 Å². The van der Waals surface area contributed by atoms with Crippen LogP contribution in [-0.4, -0.2) is 24.1 Å². The van der Waals surface area contributed by atoms with E-state index >= 15 is 0 Å². The number of anilines is 1. The summed E-state index contributed by atoms with van der Waals surface area (Å²) >= 11 is 0. The second-order valence-corrected chi connectivity index (χ2v) is 3.89. The number of hydrogen-bond donors (Lipinski definition) is 0. The first kappa shape index (κ1) is 10.6. The predicted molar refractivity (Wildman–Crippen MR) is 65.6 cm³/mol. The molecule has 0 N–H and O–H groups in total. The van der Waals surface area contributed by atoms with Gasteiger partial charge in [-0.15, -0.1) is 0 Å². The molecule has 0 saturated heterocycles. The minimum Gasteiger partial charge on any atom is -0.363 e. The van der Waals surface area contributed by atoms with Gasteiger partial charge < -0.3 is 4.90 Å². The van der Waals surface area contributed by atoms with Crippen molar-refractivity contribution in [3.8, 4) is 0 Å². The molecule has 0 bridgehead atoms. The number of rotatable bonds is 3. The van der Waals surface area contributed by atoms with Gasteiger partial charge in [-0.2, -0.15) is 0 Å². The maximum absolute atomic E-state index is 4.48. The van der Waals surface area contributed by atoms with Crippen LogP contribution in [0.15, 0.2) is 42.6 Å². The van der Waals surface area contributed by atoms with E-state index in [1.807, 2.05) is 43.3 Å². The molecule has 0 spiro atoms. The molecule has 82 valence electrons. The Kier molecular flexibility index (Phi) is 3.15. The van der Waals surface area contributed by atoms with E-state index in [1.165, 1.54) is 5.56 Å². The van der Waals surface area contributed by atoms with E-state index in [0.717, 1.165) is 18.1 Å². The van der Waals surface area contributed by atoms with E-state index in [9.17, 15) is 0 Å². The maximum Gasteiger partial charge on any atom is 0.135 e. The Labute approximate surface area is 95.8 Å². The number of benzene rings is 1. The average Bonchev–Trinajstić information content (AvgIpc) is 2.30. The van der Waals surface area contributed by atoms with Crippen molar-refractivity contribution in [3.63, 3.8) is 0 Å². The molecule has 3 heteroatoms. The van der Waals surface area contributed by atoms with E-state index in [2.05, 4.69) is 22.1 Å². The first-order valence-electron chi connectivity index (χ1n) is 5.29. The number of nitrogens with zero attached hydrogens (tertiary/aromatic N) is 3. The van der Waals surface area contributed by atoms with E-state index in [0.29, 0.717) is 0 Å². The molecule has 1 aromatic carbocycles. The molecule has 0 saturated carbocycles. The fourth-order valence-electron chi connectivity index (χ4n) is 1.50. The second-order valence-electron chi connectivity index (χ2n) is 3.89. The molecular weight excluding hydrogens is 198 g/mol. The van der Waals surface area contributed by atoms with Gasteiger partial charge in [0.1, 0.15) is 11.6 Å². The average molecular weight is 213 g/mol. The van der Waals surface area contributed by atoms with Crippen molar-refractivity contribution in [2.24, 2.45) is 0 Å². The molecule has 0 radical (unpaired) electrons. The van der Waals surface area contributed by atoms with Crippen LogP contribution in [0.2, 0.25) is 0 Å². The molecule has 0 aliphatic heterocycles. The summed E-state index contributed by atoms with van der Waals surface area (Å²) in [6, 6.07) is 12.2. The van der Waals surface area contributed by atoms with Crippen molar-refractivity contribution in [1.82, 2.24) is 9.97 Å². The highest BCUT2D eigenvalue weighted by Gasteiger charge is 2.01. The lowest BCUT2D eigenvalue weighted by Crippen LogP contribution is -2.12. The highest BCUT2D eigenvalue weighted by molar-refractivity contribution is 5.35. The minimum absolute atomic E-state index is 0.780. The van der Waals surface area contributed by atoms with E-state index in [-0.39, 0.29) is 0 Å². The summed E-state index contributed by atoms with van der Waals surface area (Å²) in [6.07, 6.45) is 2.59. The fraction of sp³-hybridized carbons (Fsp3) is 0.231. The standard InChI is InChI=1S/C13H15N3/c1-16(2)13-8-9-14-12(15-13)10-11-6-4-3-5-7-11/h3-9H,10H2,1-2H3. The highest BCUT2D eigenvalue weighted by Crippen LogP contribution is 2.09. The molecule has 2 rings (SSSR count). The SMILES string of the molecule is CN(C)c1ccnc(Cc2ccccc2)n1. The van der Waals surface area contributed by atoms with Gasteiger partial charge in [-0.3, -0.25) is 0 Å². The zero-order chi connectivity index (χ0) is 11.4. The second kappa shape index (κ2) is 4.75. The normalized spacial score (nSPS) is 10.1. The Balaban J connectivity index is 2.19. The summed E-state index contributed by atoms with van der Waals surface area (Å²) < 4.78 is 0. The van der Waals surface area contributed by atoms with Crippen LogP contribution in [0.5, 0.6) is 0 Å². The maximum atomic E-state index is 4.48. The lowest BCUT2D eigenvalue weighted by Gasteiger charge is -2.11. The van der Waals surface area contributed by atoms with Gasteiger partial charge in [0.15, 0.2) is 0 Å². The molecule has 1 heterocycles.